The van der Waals surface area contributed by atoms with Crippen LogP contribution in [0.25, 0.3) is 0 Å². The van der Waals surface area contributed by atoms with Crippen molar-refractivity contribution in [2.75, 3.05) is 6.54 Å². The molecule has 0 spiro atoms. The maximum atomic E-state index is 6.39. The first-order valence-corrected chi connectivity index (χ1v) is 8.24. The molecular formula is C20H28N2. The molecule has 2 atom stereocenters. The quantitative estimate of drug-likeness (QED) is 0.796. The van der Waals surface area contributed by atoms with Crippen LogP contribution in [0.15, 0.2) is 60.7 Å². The summed E-state index contributed by atoms with van der Waals surface area (Å²) in [6.45, 7) is 7.27. The van der Waals surface area contributed by atoms with Crippen molar-refractivity contribution in [3.63, 3.8) is 0 Å². The van der Waals surface area contributed by atoms with E-state index in [9.17, 15) is 0 Å². The molecule has 0 radical (unpaired) electrons. The molecule has 0 aliphatic carbocycles. The summed E-state index contributed by atoms with van der Waals surface area (Å²) in [5.41, 5.74) is 9.08. The highest BCUT2D eigenvalue weighted by Crippen LogP contribution is 2.13. The van der Waals surface area contributed by atoms with Gasteiger partial charge in [0.1, 0.15) is 0 Å². The van der Waals surface area contributed by atoms with Gasteiger partial charge in [-0.15, -0.1) is 0 Å². The molecule has 0 aliphatic rings. The van der Waals surface area contributed by atoms with E-state index < -0.39 is 0 Å². The summed E-state index contributed by atoms with van der Waals surface area (Å²) in [5, 5.41) is 0. The van der Waals surface area contributed by atoms with Crippen molar-refractivity contribution >= 4 is 0 Å². The fourth-order valence-corrected chi connectivity index (χ4v) is 2.65. The van der Waals surface area contributed by atoms with Crippen molar-refractivity contribution < 1.29 is 0 Å². The fraction of sp³-hybridized carbons (Fsp3) is 0.400. The Kier molecular flexibility index (Phi) is 6.63. The van der Waals surface area contributed by atoms with E-state index in [1.165, 1.54) is 11.1 Å². The SMILES string of the molecule is CCC(C)C(N)CN(Cc1ccccc1)Cc1ccccc1. The van der Waals surface area contributed by atoms with Gasteiger partial charge in [-0.1, -0.05) is 80.9 Å². The van der Waals surface area contributed by atoms with Crippen molar-refractivity contribution in [3.05, 3.63) is 71.8 Å². The first kappa shape index (κ1) is 16.7. The van der Waals surface area contributed by atoms with Crippen LogP contribution in [-0.2, 0) is 13.1 Å². The van der Waals surface area contributed by atoms with Crippen molar-refractivity contribution in [1.82, 2.24) is 4.90 Å². The minimum Gasteiger partial charge on any atom is -0.326 e. The topological polar surface area (TPSA) is 29.3 Å². The summed E-state index contributed by atoms with van der Waals surface area (Å²) < 4.78 is 0. The predicted octanol–water partition coefficient (Wildman–Crippen LogP) is 4.06. The van der Waals surface area contributed by atoms with Crippen molar-refractivity contribution in [2.45, 2.75) is 39.4 Å². The Labute approximate surface area is 135 Å². The number of nitrogens with zero attached hydrogens (tertiary/aromatic N) is 1. The zero-order chi connectivity index (χ0) is 15.8. The third-order valence-corrected chi connectivity index (χ3v) is 4.34. The third-order valence-electron chi connectivity index (χ3n) is 4.34. The Morgan fingerprint density at radius 3 is 1.73 bits per heavy atom. The summed E-state index contributed by atoms with van der Waals surface area (Å²) in [4.78, 5) is 2.46. The highest BCUT2D eigenvalue weighted by molar-refractivity contribution is 5.17. The normalized spacial score (nSPS) is 14.0. The smallest absolute Gasteiger partial charge is 0.0237 e. The number of hydrogen-bond donors (Lipinski definition) is 1. The average molecular weight is 296 g/mol. The lowest BCUT2D eigenvalue weighted by molar-refractivity contribution is 0.216. The molecule has 0 amide bonds. The molecular weight excluding hydrogens is 268 g/mol. The van der Waals surface area contributed by atoms with Crippen LogP contribution >= 0.6 is 0 Å². The third kappa shape index (κ3) is 5.28. The van der Waals surface area contributed by atoms with Crippen LogP contribution in [0.4, 0.5) is 0 Å². The molecule has 2 aromatic rings. The van der Waals surface area contributed by atoms with E-state index in [-0.39, 0.29) is 6.04 Å². The van der Waals surface area contributed by atoms with E-state index in [2.05, 4.69) is 79.4 Å². The number of nitrogens with two attached hydrogens (primary N) is 1. The van der Waals surface area contributed by atoms with E-state index in [4.69, 9.17) is 5.73 Å². The van der Waals surface area contributed by atoms with Crippen LogP contribution in [0.5, 0.6) is 0 Å². The van der Waals surface area contributed by atoms with Crippen LogP contribution in [-0.4, -0.2) is 17.5 Å². The standard InChI is InChI=1S/C20H28N2/c1-3-17(2)20(21)16-22(14-18-10-6-4-7-11-18)15-19-12-8-5-9-13-19/h4-13,17,20H,3,14-16,21H2,1-2H3. The van der Waals surface area contributed by atoms with Crippen molar-refractivity contribution in [1.29, 1.82) is 0 Å². The Morgan fingerprint density at radius 1 is 0.864 bits per heavy atom. The van der Waals surface area contributed by atoms with E-state index in [1.807, 2.05) is 0 Å². The van der Waals surface area contributed by atoms with E-state index in [0.29, 0.717) is 5.92 Å². The van der Waals surface area contributed by atoms with Gasteiger partial charge in [-0.2, -0.15) is 0 Å². The summed E-state index contributed by atoms with van der Waals surface area (Å²) in [7, 11) is 0. The van der Waals surface area contributed by atoms with Crippen molar-refractivity contribution in [3.8, 4) is 0 Å². The lowest BCUT2D eigenvalue weighted by Crippen LogP contribution is -2.40. The maximum Gasteiger partial charge on any atom is 0.0237 e. The average Bonchev–Trinajstić information content (AvgIpc) is 2.55. The molecule has 0 aliphatic heterocycles. The Balaban J connectivity index is 2.06. The van der Waals surface area contributed by atoms with Gasteiger partial charge in [-0.3, -0.25) is 4.90 Å². The molecule has 2 nitrogen and oxygen atoms in total. The number of rotatable bonds is 8. The first-order chi connectivity index (χ1) is 10.7. The zero-order valence-electron chi connectivity index (χ0n) is 13.8. The monoisotopic (exact) mass is 296 g/mol. The van der Waals surface area contributed by atoms with Crippen LogP contribution in [0, 0.1) is 5.92 Å². The zero-order valence-corrected chi connectivity index (χ0v) is 13.8. The molecule has 0 fully saturated rings. The van der Waals surface area contributed by atoms with Gasteiger partial charge in [-0.05, 0) is 17.0 Å². The van der Waals surface area contributed by atoms with Gasteiger partial charge in [-0.25, -0.2) is 0 Å². The summed E-state index contributed by atoms with van der Waals surface area (Å²) in [6.07, 6.45) is 1.13. The molecule has 118 valence electrons. The second-order valence-electron chi connectivity index (χ2n) is 6.19. The number of hydrogen-bond acceptors (Lipinski definition) is 2. The van der Waals surface area contributed by atoms with Gasteiger partial charge in [0.2, 0.25) is 0 Å². The van der Waals surface area contributed by atoms with Gasteiger partial charge in [0.15, 0.2) is 0 Å². The Morgan fingerprint density at radius 2 is 1.32 bits per heavy atom. The molecule has 0 heterocycles. The molecule has 2 heteroatoms. The second kappa shape index (κ2) is 8.72. The van der Waals surface area contributed by atoms with E-state index in [0.717, 1.165) is 26.1 Å². The maximum absolute atomic E-state index is 6.39. The van der Waals surface area contributed by atoms with Gasteiger partial charge in [0, 0.05) is 25.7 Å². The van der Waals surface area contributed by atoms with Gasteiger partial charge < -0.3 is 5.73 Å². The van der Waals surface area contributed by atoms with Gasteiger partial charge in [0.05, 0.1) is 0 Å². The molecule has 2 unspecified atom stereocenters. The summed E-state index contributed by atoms with van der Waals surface area (Å²) in [6, 6.07) is 21.5. The van der Waals surface area contributed by atoms with E-state index in [1.54, 1.807) is 0 Å². The molecule has 2 N–H and O–H groups in total. The minimum absolute atomic E-state index is 0.220. The van der Waals surface area contributed by atoms with Crippen LogP contribution in [0.3, 0.4) is 0 Å². The highest BCUT2D eigenvalue weighted by atomic mass is 15.1. The molecule has 0 aromatic heterocycles. The summed E-state index contributed by atoms with van der Waals surface area (Å²) >= 11 is 0. The van der Waals surface area contributed by atoms with Crippen LogP contribution in [0.1, 0.15) is 31.4 Å². The molecule has 0 saturated carbocycles. The van der Waals surface area contributed by atoms with Gasteiger partial charge in [0.25, 0.3) is 0 Å². The Hall–Kier alpha value is -1.64. The molecule has 22 heavy (non-hydrogen) atoms. The molecule has 2 aromatic carbocycles. The molecule has 0 saturated heterocycles. The van der Waals surface area contributed by atoms with E-state index >= 15 is 0 Å². The second-order valence-corrected chi connectivity index (χ2v) is 6.19. The fourth-order valence-electron chi connectivity index (χ4n) is 2.65. The van der Waals surface area contributed by atoms with Crippen LogP contribution in [0.2, 0.25) is 0 Å². The van der Waals surface area contributed by atoms with Gasteiger partial charge >= 0.3 is 0 Å². The van der Waals surface area contributed by atoms with Crippen molar-refractivity contribution in [2.24, 2.45) is 11.7 Å². The lowest BCUT2D eigenvalue weighted by Gasteiger charge is -2.28. The lowest BCUT2D eigenvalue weighted by atomic mass is 9.99. The van der Waals surface area contributed by atoms with Crippen LogP contribution < -0.4 is 5.73 Å². The Bertz CT molecular complexity index is 482. The first-order valence-electron chi connectivity index (χ1n) is 8.24. The largest absolute Gasteiger partial charge is 0.326 e. The summed E-state index contributed by atoms with van der Waals surface area (Å²) in [5.74, 6) is 0.550. The minimum atomic E-state index is 0.220. The highest BCUT2D eigenvalue weighted by Gasteiger charge is 2.16. The molecule has 2 rings (SSSR count). The molecule has 0 bridgehead atoms. The number of benzene rings is 2. The predicted molar refractivity (Wildman–Crippen MR) is 94.4 cm³/mol.